The normalized spacial score (nSPS) is 11.4. The number of ether oxygens (including phenoxy) is 1. The molecule has 0 unspecified atom stereocenters. The van der Waals surface area contributed by atoms with E-state index in [1.165, 1.54) is 0 Å². The molecule has 7 nitrogen and oxygen atoms in total. The van der Waals surface area contributed by atoms with Crippen molar-refractivity contribution in [3.05, 3.63) is 63.6 Å². The maximum atomic E-state index is 12.4. The second-order valence-corrected chi connectivity index (χ2v) is 9.30. The van der Waals surface area contributed by atoms with Gasteiger partial charge in [-0.15, -0.1) is 0 Å². The van der Waals surface area contributed by atoms with E-state index in [0.29, 0.717) is 27.9 Å². The fourth-order valence-corrected chi connectivity index (χ4v) is 3.63. The summed E-state index contributed by atoms with van der Waals surface area (Å²) in [5.41, 5.74) is 1.82. The number of sulfonamides is 1. The fourth-order valence-electron chi connectivity index (χ4n) is 2.58. The largest absolute Gasteiger partial charge is 0.466 e. The van der Waals surface area contributed by atoms with Gasteiger partial charge in [0.1, 0.15) is 0 Å². The number of rotatable bonds is 9. The van der Waals surface area contributed by atoms with Crippen LogP contribution < -0.4 is 5.32 Å². The number of anilines is 1. The number of carbonyl (C=O) groups is 2. The SMILES string of the molecule is CCOC(=O)Cc1ccc(NC(=O)CN(Cc2ccc(Cl)c(Cl)c2)S(C)(=O)=O)cc1. The van der Waals surface area contributed by atoms with Crippen LogP contribution in [0.5, 0.6) is 0 Å². The number of hydrogen-bond acceptors (Lipinski definition) is 5. The lowest BCUT2D eigenvalue weighted by Gasteiger charge is -2.20. The number of hydrogen-bond donors (Lipinski definition) is 1. The standard InChI is InChI=1S/C20H22Cl2N2O5S/c1-3-29-20(26)11-14-4-7-16(8-5-14)23-19(25)13-24(30(2,27)28)12-15-6-9-17(21)18(22)10-15/h4-10H,3,11-13H2,1-2H3,(H,23,25). The van der Waals surface area contributed by atoms with E-state index in [2.05, 4.69) is 5.32 Å². The molecule has 0 saturated carbocycles. The van der Waals surface area contributed by atoms with Gasteiger partial charge in [-0.25, -0.2) is 8.42 Å². The first kappa shape index (κ1) is 24.1. The van der Waals surface area contributed by atoms with E-state index < -0.39 is 15.9 Å². The van der Waals surface area contributed by atoms with Crippen LogP contribution in [0.1, 0.15) is 18.1 Å². The van der Waals surface area contributed by atoms with Crippen LogP contribution in [0.4, 0.5) is 5.69 Å². The number of halogens is 2. The fraction of sp³-hybridized carbons (Fsp3) is 0.300. The smallest absolute Gasteiger partial charge is 0.310 e. The molecule has 0 saturated heterocycles. The van der Waals surface area contributed by atoms with Crippen molar-refractivity contribution in [1.29, 1.82) is 0 Å². The van der Waals surface area contributed by atoms with Gasteiger partial charge in [-0.1, -0.05) is 41.4 Å². The van der Waals surface area contributed by atoms with Crippen molar-refractivity contribution in [2.24, 2.45) is 0 Å². The van der Waals surface area contributed by atoms with E-state index >= 15 is 0 Å². The summed E-state index contributed by atoms with van der Waals surface area (Å²) < 4.78 is 30.2. The summed E-state index contributed by atoms with van der Waals surface area (Å²) in [7, 11) is -3.65. The molecule has 1 amide bonds. The molecule has 0 spiro atoms. The first-order valence-electron chi connectivity index (χ1n) is 9.02. The molecule has 0 heterocycles. The number of nitrogens with one attached hydrogen (secondary N) is 1. The second kappa shape index (κ2) is 10.8. The Morgan fingerprint density at radius 1 is 1.03 bits per heavy atom. The van der Waals surface area contributed by atoms with E-state index in [1.807, 2.05) is 0 Å². The molecule has 0 aliphatic heterocycles. The monoisotopic (exact) mass is 472 g/mol. The van der Waals surface area contributed by atoms with E-state index in [0.717, 1.165) is 16.1 Å². The first-order valence-corrected chi connectivity index (χ1v) is 11.6. The summed E-state index contributed by atoms with van der Waals surface area (Å²) in [6.07, 6.45) is 1.16. The lowest BCUT2D eigenvalue weighted by molar-refractivity contribution is -0.142. The zero-order valence-electron chi connectivity index (χ0n) is 16.5. The van der Waals surface area contributed by atoms with Crippen molar-refractivity contribution in [3.8, 4) is 0 Å². The topological polar surface area (TPSA) is 92.8 Å². The Morgan fingerprint density at radius 2 is 1.67 bits per heavy atom. The molecule has 0 aliphatic rings. The highest BCUT2D eigenvalue weighted by atomic mass is 35.5. The van der Waals surface area contributed by atoms with Crippen LogP contribution in [-0.2, 0) is 37.3 Å². The van der Waals surface area contributed by atoms with Crippen LogP contribution in [0.15, 0.2) is 42.5 Å². The zero-order valence-corrected chi connectivity index (χ0v) is 18.9. The van der Waals surface area contributed by atoms with Gasteiger partial charge in [0.15, 0.2) is 0 Å². The molecule has 10 heteroatoms. The average Bonchev–Trinajstić information content (AvgIpc) is 2.65. The highest BCUT2D eigenvalue weighted by molar-refractivity contribution is 7.88. The van der Waals surface area contributed by atoms with Crippen LogP contribution in [0.25, 0.3) is 0 Å². The summed E-state index contributed by atoms with van der Waals surface area (Å²) in [4.78, 5) is 23.9. The molecule has 2 aromatic carbocycles. The Morgan fingerprint density at radius 3 is 2.23 bits per heavy atom. The number of amides is 1. The first-order chi connectivity index (χ1) is 14.1. The van der Waals surface area contributed by atoms with Crippen molar-refractivity contribution < 1.29 is 22.7 Å². The van der Waals surface area contributed by atoms with Gasteiger partial charge in [-0.3, -0.25) is 9.59 Å². The van der Waals surface area contributed by atoms with E-state index in [9.17, 15) is 18.0 Å². The molecular weight excluding hydrogens is 451 g/mol. The summed E-state index contributed by atoms with van der Waals surface area (Å²) in [6, 6.07) is 11.4. The van der Waals surface area contributed by atoms with Crippen LogP contribution >= 0.6 is 23.2 Å². The maximum Gasteiger partial charge on any atom is 0.310 e. The molecule has 0 radical (unpaired) electrons. The third kappa shape index (κ3) is 7.60. The minimum atomic E-state index is -3.65. The third-order valence-electron chi connectivity index (χ3n) is 4.02. The highest BCUT2D eigenvalue weighted by Crippen LogP contribution is 2.23. The van der Waals surface area contributed by atoms with E-state index in [-0.39, 0.29) is 25.5 Å². The Hall–Kier alpha value is -2.13. The molecule has 0 fully saturated rings. The molecule has 2 aromatic rings. The Bertz CT molecular complexity index is 1010. The van der Waals surface area contributed by atoms with Crippen molar-refractivity contribution in [1.82, 2.24) is 4.31 Å². The molecule has 2 rings (SSSR count). The van der Waals surface area contributed by atoms with Crippen LogP contribution in [0, 0.1) is 0 Å². The van der Waals surface area contributed by atoms with E-state index in [4.69, 9.17) is 27.9 Å². The van der Waals surface area contributed by atoms with Crippen molar-refractivity contribution in [3.63, 3.8) is 0 Å². The van der Waals surface area contributed by atoms with Gasteiger partial charge in [0.25, 0.3) is 0 Å². The van der Waals surface area contributed by atoms with Crippen LogP contribution in [0.3, 0.4) is 0 Å². The summed E-state index contributed by atoms with van der Waals surface area (Å²) in [5, 5.41) is 3.31. The summed E-state index contributed by atoms with van der Waals surface area (Å²) >= 11 is 11.9. The average molecular weight is 473 g/mol. The van der Waals surface area contributed by atoms with Gasteiger partial charge in [0.2, 0.25) is 15.9 Å². The summed E-state index contributed by atoms with van der Waals surface area (Å²) in [5.74, 6) is -0.834. The Balaban J connectivity index is 2.02. The minimum absolute atomic E-state index is 0.0262. The summed E-state index contributed by atoms with van der Waals surface area (Å²) in [6.45, 7) is 1.65. The Kier molecular flexibility index (Phi) is 8.66. The molecule has 30 heavy (non-hydrogen) atoms. The van der Waals surface area contributed by atoms with Crippen molar-refractivity contribution in [2.75, 3.05) is 24.7 Å². The third-order valence-corrected chi connectivity index (χ3v) is 5.96. The molecule has 0 aromatic heterocycles. The van der Waals surface area contributed by atoms with Gasteiger partial charge in [0.05, 0.1) is 35.9 Å². The van der Waals surface area contributed by atoms with Crippen LogP contribution in [-0.4, -0.2) is 44.0 Å². The molecule has 0 atom stereocenters. The van der Waals surface area contributed by atoms with Crippen molar-refractivity contribution in [2.45, 2.75) is 19.9 Å². The molecule has 0 aliphatic carbocycles. The highest BCUT2D eigenvalue weighted by Gasteiger charge is 2.21. The molecule has 1 N–H and O–H groups in total. The number of esters is 1. The lowest BCUT2D eigenvalue weighted by atomic mass is 10.1. The van der Waals surface area contributed by atoms with Crippen LogP contribution in [0.2, 0.25) is 10.0 Å². The van der Waals surface area contributed by atoms with Gasteiger partial charge in [-0.2, -0.15) is 4.31 Å². The predicted octanol–water partition coefficient (Wildman–Crippen LogP) is 3.50. The number of carbonyl (C=O) groups excluding carboxylic acids is 2. The minimum Gasteiger partial charge on any atom is -0.466 e. The van der Waals surface area contributed by atoms with Crippen molar-refractivity contribution >= 4 is 50.8 Å². The van der Waals surface area contributed by atoms with Gasteiger partial charge in [-0.05, 0) is 42.3 Å². The number of benzene rings is 2. The van der Waals surface area contributed by atoms with Gasteiger partial charge in [0, 0.05) is 12.2 Å². The second-order valence-electron chi connectivity index (χ2n) is 6.51. The Labute approximate surface area is 186 Å². The van der Waals surface area contributed by atoms with E-state index in [1.54, 1.807) is 49.4 Å². The molecule has 0 bridgehead atoms. The maximum absolute atomic E-state index is 12.4. The number of nitrogens with zero attached hydrogens (tertiary/aromatic N) is 1. The molecular formula is C20H22Cl2N2O5S. The zero-order chi connectivity index (χ0) is 22.3. The quantitative estimate of drug-likeness (QED) is 0.563. The molecule has 162 valence electrons. The predicted molar refractivity (Wildman–Crippen MR) is 117 cm³/mol. The van der Waals surface area contributed by atoms with Gasteiger partial charge < -0.3 is 10.1 Å². The van der Waals surface area contributed by atoms with Gasteiger partial charge >= 0.3 is 5.97 Å². The lowest BCUT2D eigenvalue weighted by Crippen LogP contribution is -2.36.